The molecule has 3 N–H and O–H groups in total. The second-order valence-electron chi connectivity index (χ2n) is 7.44. The van der Waals surface area contributed by atoms with Crippen molar-refractivity contribution >= 4 is 67.7 Å². The maximum Gasteiger partial charge on any atom is 0.422 e. The molecule has 0 saturated heterocycles. The van der Waals surface area contributed by atoms with Crippen LogP contribution < -0.4 is 15.4 Å². The number of aromatic nitrogens is 2. The summed E-state index contributed by atoms with van der Waals surface area (Å²) in [5.74, 6) is -0.959. The molecule has 6 nitrogen and oxygen atoms in total. The van der Waals surface area contributed by atoms with Gasteiger partial charge >= 0.3 is 6.18 Å². The van der Waals surface area contributed by atoms with Gasteiger partial charge in [0.2, 0.25) is 5.95 Å². The van der Waals surface area contributed by atoms with Gasteiger partial charge in [-0.2, -0.15) is 13.2 Å². The van der Waals surface area contributed by atoms with Crippen molar-refractivity contribution in [1.82, 2.24) is 9.97 Å². The summed E-state index contributed by atoms with van der Waals surface area (Å²) in [5, 5.41) is 5.47. The van der Waals surface area contributed by atoms with Crippen molar-refractivity contribution in [1.29, 1.82) is 0 Å². The van der Waals surface area contributed by atoms with Crippen molar-refractivity contribution in [3.05, 3.63) is 68.7 Å². The van der Waals surface area contributed by atoms with Gasteiger partial charge in [-0.25, -0.2) is 9.37 Å². The number of nitrogens with zero attached hydrogens (tertiary/aromatic N) is 1. The third-order valence-electron chi connectivity index (χ3n) is 4.87. The molecule has 13 heteroatoms. The summed E-state index contributed by atoms with van der Waals surface area (Å²) in [7, 11) is 0. The first-order valence-electron chi connectivity index (χ1n) is 9.94. The van der Waals surface area contributed by atoms with Gasteiger partial charge < -0.3 is 20.4 Å². The molecule has 2 aromatic carbocycles. The number of amides is 1. The van der Waals surface area contributed by atoms with Crippen LogP contribution in [0.1, 0.15) is 10.4 Å². The van der Waals surface area contributed by atoms with Gasteiger partial charge in [-0.1, -0.05) is 39.1 Å². The average molecular weight is 594 g/mol. The average Bonchev–Trinajstić information content (AvgIpc) is 3.19. The molecule has 0 radical (unpaired) electrons. The van der Waals surface area contributed by atoms with Crippen LogP contribution in [0.5, 0.6) is 5.75 Å². The number of anilines is 2. The molecule has 0 fully saturated rings. The van der Waals surface area contributed by atoms with Gasteiger partial charge in [0, 0.05) is 21.3 Å². The number of H-pyrrole nitrogens is 1. The van der Waals surface area contributed by atoms with E-state index < -0.39 is 30.9 Å². The van der Waals surface area contributed by atoms with Gasteiger partial charge in [0.1, 0.15) is 11.8 Å². The van der Waals surface area contributed by atoms with Crippen molar-refractivity contribution in [2.75, 3.05) is 17.2 Å². The Morgan fingerprint density at radius 1 is 1.14 bits per heavy atom. The standard InChI is InChI=1S/C22H15BrCl2F4N4O2/c23-10-1-3-11(4-2-10)30-20(34)12-7-15-16(8-17(12)35-9-22(27,28)29)32-21(31-15)33-19-14(25)6-5-13(24)18(19)26/h1-8,18-19H,9H2,(H,30,34)(H2,31,32,33). The zero-order valence-corrected chi connectivity index (χ0v) is 20.5. The Kier molecular flexibility index (Phi) is 7.30. The van der Waals surface area contributed by atoms with E-state index in [1.54, 1.807) is 24.3 Å². The van der Waals surface area contributed by atoms with Gasteiger partial charge in [-0.3, -0.25) is 4.79 Å². The lowest BCUT2D eigenvalue weighted by Gasteiger charge is -2.23. The largest absolute Gasteiger partial charge is 0.483 e. The third kappa shape index (κ3) is 6.09. The first kappa shape index (κ1) is 25.3. The van der Waals surface area contributed by atoms with Gasteiger partial charge in [0.05, 0.1) is 21.6 Å². The van der Waals surface area contributed by atoms with Crippen LogP contribution in [-0.2, 0) is 0 Å². The zero-order valence-electron chi connectivity index (χ0n) is 17.4. The lowest BCUT2D eigenvalue weighted by molar-refractivity contribution is -0.153. The number of rotatable bonds is 6. The first-order valence-corrected chi connectivity index (χ1v) is 11.5. The summed E-state index contributed by atoms with van der Waals surface area (Å²) in [6, 6.07) is 8.07. The number of ether oxygens (including phenoxy) is 1. The number of hydrogen-bond acceptors (Lipinski definition) is 4. The van der Waals surface area contributed by atoms with Crippen molar-refractivity contribution in [2.24, 2.45) is 0 Å². The molecule has 2 unspecified atom stereocenters. The van der Waals surface area contributed by atoms with E-state index in [1.807, 2.05) is 0 Å². The van der Waals surface area contributed by atoms with Crippen LogP contribution in [0.15, 0.2) is 63.1 Å². The molecule has 4 rings (SSSR count). The Morgan fingerprint density at radius 3 is 2.51 bits per heavy atom. The van der Waals surface area contributed by atoms with Gasteiger partial charge in [-0.05, 0) is 42.5 Å². The van der Waals surface area contributed by atoms with Crippen molar-refractivity contribution in [3.8, 4) is 5.75 Å². The fraction of sp³-hybridized carbons (Fsp3) is 0.182. The quantitative estimate of drug-likeness (QED) is 0.272. The lowest BCUT2D eigenvalue weighted by atomic mass is 10.1. The van der Waals surface area contributed by atoms with E-state index in [2.05, 4.69) is 36.5 Å². The molecule has 1 aliphatic rings. The number of allylic oxidation sites excluding steroid dienone is 2. The maximum atomic E-state index is 14.5. The van der Waals surface area contributed by atoms with Crippen molar-refractivity contribution < 1.29 is 27.1 Å². The molecular weight excluding hydrogens is 579 g/mol. The van der Waals surface area contributed by atoms with Crippen LogP contribution >= 0.6 is 39.1 Å². The van der Waals surface area contributed by atoms with Crippen LogP contribution in [0.3, 0.4) is 0 Å². The fourth-order valence-electron chi connectivity index (χ4n) is 3.24. The highest BCUT2D eigenvalue weighted by atomic mass is 79.9. The van der Waals surface area contributed by atoms with E-state index in [4.69, 9.17) is 27.9 Å². The van der Waals surface area contributed by atoms with Gasteiger partial charge in [-0.15, -0.1) is 0 Å². The number of halogens is 7. The monoisotopic (exact) mass is 592 g/mol. The minimum Gasteiger partial charge on any atom is -0.483 e. The third-order valence-corrected chi connectivity index (χ3v) is 6.09. The van der Waals surface area contributed by atoms with Crippen molar-refractivity contribution in [2.45, 2.75) is 18.4 Å². The molecule has 0 spiro atoms. The second-order valence-corrected chi connectivity index (χ2v) is 9.23. The molecule has 1 aromatic heterocycles. The number of imidazole rings is 1. The Bertz CT molecular complexity index is 1330. The molecule has 0 aliphatic heterocycles. The zero-order chi connectivity index (χ0) is 25.3. The van der Waals surface area contributed by atoms with Crippen LogP contribution in [-0.4, -0.2) is 40.9 Å². The molecule has 35 heavy (non-hydrogen) atoms. The Hall–Kier alpha value is -2.76. The summed E-state index contributed by atoms with van der Waals surface area (Å²) in [5.41, 5.74) is 0.730. The highest BCUT2D eigenvalue weighted by molar-refractivity contribution is 9.10. The predicted octanol–water partition coefficient (Wildman–Crippen LogP) is 6.90. The Labute approximate surface area is 214 Å². The number of hydrogen-bond donors (Lipinski definition) is 3. The molecule has 1 amide bonds. The van der Waals surface area contributed by atoms with Gasteiger partial charge in [0.25, 0.3) is 5.91 Å². The number of nitrogens with one attached hydrogen (secondary N) is 3. The lowest BCUT2D eigenvalue weighted by Crippen LogP contribution is -2.33. The molecule has 0 bridgehead atoms. The molecule has 3 aromatic rings. The van der Waals surface area contributed by atoms with E-state index in [0.29, 0.717) is 11.2 Å². The highest BCUT2D eigenvalue weighted by Crippen LogP contribution is 2.32. The minimum absolute atomic E-state index is 0.0576. The number of benzene rings is 2. The van der Waals surface area contributed by atoms with E-state index in [-0.39, 0.29) is 32.8 Å². The fourth-order valence-corrected chi connectivity index (χ4v) is 3.92. The molecule has 0 saturated carbocycles. The Morgan fingerprint density at radius 2 is 1.83 bits per heavy atom. The molecule has 2 atom stereocenters. The number of aromatic amines is 1. The van der Waals surface area contributed by atoms with Crippen LogP contribution in [0.25, 0.3) is 11.0 Å². The topological polar surface area (TPSA) is 79.0 Å². The summed E-state index contributed by atoms with van der Waals surface area (Å²) in [4.78, 5) is 20.0. The molecule has 184 valence electrons. The van der Waals surface area contributed by atoms with Crippen molar-refractivity contribution in [3.63, 3.8) is 0 Å². The van der Waals surface area contributed by atoms with E-state index in [1.165, 1.54) is 24.3 Å². The summed E-state index contributed by atoms with van der Waals surface area (Å²) >= 11 is 15.2. The molecule has 1 heterocycles. The normalized spacial score (nSPS) is 18.1. The van der Waals surface area contributed by atoms with Gasteiger partial charge in [0.15, 0.2) is 12.8 Å². The number of alkyl halides is 4. The predicted molar refractivity (Wildman–Crippen MR) is 130 cm³/mol. The number of carbonyl (C=O) groups excluding carboxylic acids is 1. The Balaban J connectivity index is 1.66. The highest BCUT2D eigenvalue weighted by Gasteiger charge is 2.31. The number of fused-ring (bicyclic) bond motifs is 1. The first-order chi connectivity index (χ1) is 16.5. The SMILES string of the molecule is O=C(Nc1ccc(Br)cc1)c1cc2[nH]c(NC3C(Cl)=CC=C(Cl)C3F)nc2cc1OCC(F)(F)F. The molecule has 1 aliphatic carbocycles. The van der Waals surface area contributed by atoms with E-state index in [0.717, 1.165) is 4.47 Å². The van der Waals surface area contributed by atoms with Crippen LogP contribution in [0.2, 0.25) is 0 Å². The summed E-state index contributed by atoms with van der Waals surface area (Å²) in [6.07, 6.45) is -3.49. The summed E-state index contributed by atoms with van der Waals surface area (Å²) in [6.45, 7) is -1.61. The van der Waals surface area contributed by atoms with E-state index >= 15 is 0 Å². The summed E-state index contributed by atoms with van der Waals surface area (Å²) < 4.78 is 58.6. The van der Waals surface area contributed by atoms with E-state index in [9.17, 15) is 22.4 Å². The van der Waals surface area contributed by atoms with Crippen LogP contribution in [0, 0.1) is 0 Å². The molecular formula is C22H15BrCl2F4N4O2. The smallest absolute Gasteiger partial charge is 0.422 e. The maximum absolute atomic E-state index is 14.5. The number of carbonyl (C=O) groups is 1. The minimum atomic E-state index is -4.63. The second kappa shape index (κ2) is 10.1. The van der Waals surface area contributed by atoms with Crippen LogP contribution in [0.4, 0.5) is 29.2 Å².